The second-order valence-corrected chi connectivity index (χ2v) is 6.73. The Morgan fingerprint density at radius 3 is 2.76 bits per heavy atom. The molecule has 4 rings (SSSR count). The number of fused-ring (bicyclic) bond motifs is 1. The lowest BCUT2D eigenvalue weighted by Gasteiger charge is -2.27. The zero-order valence-corrected chi connectivity index (χ0v) is 14.6. The maximum Gasteiger partial charge on any atom is 0.204 e. The molecule has 2 N–H and O–H groups in total. The molecule has 1 fully saturated rings. The quantitative estimate of drug-likeness (QED) is 0.725. The maximum absolute atomic E-state index is 12.5. The monoisotopic (exact) mass is 358 g/mol. The van der Waals surface area contributed by atoms with E-state index in [4.69, 9.17) is 19.6 Å². The average Bonchev–Trinajstić information content (AvgIpc) is 3.06. The third-order valence-electron chi connectivity index (χ3n) is 4.23. The Morgan fingerprint density at radius 2 is 2.00 bits per heavy atom. The van der Waals surface area contributed by atoms with Crippen LogP contribution < -0.4 is 20.8 Å². The summed E-state index contributed by atoms with van der Waals surface area (Å²) < 4.78 is 17.4. The van der Waals surface area contributed by atoms with Crippen LogP contribution in [0.2, 0.25) is 0 Å². The number of thiophene rings is 1. The van der Waals surface area contributed by atoms with Gasteiger partial charge in [-0.3, -0.25) is 4.79 Å². The summed E-state index contributed by atoms with van der Waals surface area (Å²) in [5, 5.41) is 1.92. The van der Waals surface area contributed by atoms with Gasteiger partial charge in [0, 0.05) is 41.9 Å². The van der Waals surface area contributed by atoms with Crippen LogP contribution in [0, 0.1) is 0 Å². The Labute approximate surface area is 148 Å². The average molecular weight is 358 g/mol. The number of rotatable bonds is 3. The van der Waals surface area contributed by atoms with Crippen molar-refractivity contribution in [3.05, 3.63) is 39.9 Å². The van der Waals surface area contributed by atoms with Crippen LogP contribution in [-0.2, 0) is 4.74 Å². The Balaban J connectivity index is 1.86. The SMILES string of the molecule is COc1cc(N)cc(-c2csc3c(=O)cc(N4CCOCC4)oc23)c1. The van der Waals surface area contributed by atoms with Gasteiger partial charge >= 0.3 is 0 Å². The van der Waals surface area contributed by atoms with E-state index in [2.05, 4.69) is 0 Å². The first-order chi connectivity index (χ1) is 12.2. The molecule has 0 atom stereocenters. The van der Waals surface area contributed by atoms with E-state index >= 15 is 0 Å². The zero-order chi connectivity index (χ0) is 17.4. The number of ether oxygens (including phenoxy) is 2. The highest BCUT2D eigenvalue weighted by molar-refractivity contribution is 7.17. The number of methoxy groups -OCH3 is 1. The summed E-state index contributed by atoms with van der Waals surface area (Å²) in [7, 11) is 1.60. The molecular formula is C18H18N2O4S. The number of hydrogen-bond donors (Lipinski definition) is 1. The van der Waals surface area contributed by atoms with E-state index < -0.39 is 0 Å². The molecule has 1 saturated heterocycles. The van der Waals surface area contributed by atoms with E-state index in [-0.39, 0.29) is 5.43 Å². The first-order valence-corrected chi connectivity index (χ1v) is 8.86. The second kappa shape index (κ2) is 6.42. The molecule has 0 radical (unpaired) electrons. The van der Waals surface area contributed by atoms with Crippen molar-refractivity contribution in [1.82, 2.24) is 0 Å². The fraction of sp³-hybridized carbons (Fsp3) is 0.278. The third-order valence-corrected chi connectivity index (χ3v) is 5.20. The van der Waals surface area contributed by atoms with Crippen LogP contribution in [0.25, 0.3) is 21.4 Å². The van der Waals surface area contributed by atoms with E-state index in [0.29, 0.717) is 53.9 Å². The summed E-state index contributed by atoms with van der Waals surface area (Å²) in [5.41, 5.74) is 8.84. The first-order valence-electron chi connectivity index (χ1n) is 7.98. The van der Waals surface area contributed by atoms with Crippen LogP contribution in [0.15, 0.2) is 38.9 Å². The van der Waals surface area contributed by atoms with Gasteiger partial charge < -0.3 is 24.5 Å². The van der Waals surface area contributed by atoms with Crippen molar-refractivity contribution in [1.29, 1.82) is 0 Å². The summed E-state index contributed by atoms with van der Waals surface area (Å²) >= 11 is 1.38. The third kappa shape index (κ3) is 2.96. The Morgan fingerprint density at radius 1 is 1.20 bits per heavy atom. The maximum atomic E-state index is 12.5. The molecule has 1 aromatic carbocycles. The van der Waals surface area contributed by atoms with Crippen molar-refractivity contribution in [3.63, 3.8) is 0 Å². The molecule has 6 nitrogen and oxygen atoms in total. The Hall–Kier alpha value is -2.51. The van der Waals surface area contributed by atoms with Gasteiger partial charge in [0.25, 0.3) is 0 Å². The number of benzene rings is 1. The molecule has 0 aliphatic carbocycles. The van der Waals surface area contributed by atoms with Crippen LogP contribution in [0.5, 0.6) is 5.75 Å². The first kappa shape index (κ1) is 16.0. The summed E-state index contributed by atoms with van der Waals surface area (Å²) in [6.07, 6.45) is 0. The number of hydrogen-bond acceptors (Lipinski definition) is 7. The molecule has 0 unspecified atom stereocenters. The van der Waals surface area contributed by atoms with E-state index in [0.717, 1.165) is 11.1 Å². The van der Waals surface area contributed by atoms with Gasteiger partial charge in [-0.25, -0.2) is 0 Å². The van der Waals surface area contributed by atoms with Gasteiger partial charge in [-0.15, -0.1) is 11.3 Å². The van der Waals surface area contributed by atoms with Gasteiger partial charge in [-0.2, -0.15) is 0 Å². The van der Waals surface area contributed by atoms with Crippen LogP contribution >= 0.6 is 11.3 Å². The molecule has 1 aliphatic rings. The lowest BCUT2D eigenvalue weighted by atomic mass is 10.1. The van der Waals surface area contributed by atoms with Crippen LogP contribution in [-0.4, -0.2) is 33.4 Å². The number of morpholine rings is 1. The van der Waals surface area contributed by atoms with Crippen molar-refractivity contribution < 1.29 is 13.9 Å². The van der Waals surface area contributed by atoms with Gasteiger partial charge in [0.2, 0.25) is 5.43 Å². The minimum atomic E-state index is -0.0325. The molecule has 0 spiro atoms. The topological polar surface area (TPSA) is 77.9 Å². The molecule has 130 valence electrons. The summed E-state index contributed by atoms with van der Waals surface area (Å²) in [6, 6.07) is 7.06. The fourth-order valence-corrected chi connectivity index (χ4v) is 3.88. The largest absolute Gasteiger partial charge is 0.497 e. The summed E-state index contributed by atoms with van der Waals surface area (Å²) in [4.78, 5) is 14.6. The number of nitrogens with two attached hydrogens (primary N) is 1. The molecule has 25 heavy (non-hydrogen) atoms. The molecule has 3 aromatic rings. The van der Waals surface area contributed by atoms with Gasteiger partial charge in [0.15, 0.2) is 11.5 Å². The smallest absolute Gasteiger partial charge is 0.204 e. The van der Waals surface area contributed by atoms with Crippen LogP contribution in [0.4, 0.5) is 11.6 Å². The number of anilines is 2. The lowest BCUT2D eigenvalue weighted by Crippen LogP contribution is -2.36. The normalized spacial score (nSPS) is 14.8. The molecule has 7 heteroatoms. The fourth-order valence-electron chi connectivity index (χ4n) is 2.96. The van der Waals surface area contributed by atoms with Gasteiger partial charge in [-0.05, 0) is 17.7 Å². The molecule has 0 saturated carbocycles. The second-order valence-electron chi connectivity index (χ2n) is 5.85. The van der Waals surface area contributed by atoms with E-state index in [9.17, 15) is 4.79 Å². The summed E-state index contributed by atoms with van der Waals surface area (Å²) in [6.45, 7) is 2.68. The molecule has 3 heterocycles. The highest BCUT2D eigenvalue weighted by atomic mass is 32.1. The highest BCUT2D eigenvalue weighted by Crippen LogP contribution is 2.36. The van der Waals surface area contributed by atoms with Crippen molar-refractivity contribution in [2.45, 2.75) is 0 Å². The molecule has 2 aromatic heterocycles. The van der Waals surface area contributed by atoms with Gasteiger partial charge in [0.1, 0.15) is 10.4 Å². The van der Waals surface area contributed by atoms with E-state index in [1.54, 1.807) is 19.2 Å². The highest BCUT2D eigenvalue weighted by Gasteiger charge is 2.19. The Kier molecular flexibility index (Phi) is 4.10. The number of nitrogen functional groups attached to an aromatic ring is 1. The van der Waals surface area contributed by atoms with Crippen molar-refractivity contribution in [2.24, 2.45) is 0 Å². The van der Waals surface area contributed by atoms with Crippen LogP contribution in [0.3, 0.4) is 0 Å². The predicted octanol–water partition coefficient (Wildman–Crippen LogP) is 2.95. The standard InChI is InChI=1S/C18H18N2O4S/c1-22-13-7-11(6-12(19)8-13)14-10-25-18-15(21)9-16(24-17(14)18)20-2-4-23-5-3-20/h6-10H,2-5,19H2,1H3. The Bertz CT molecular complexity index is 973. The van der Waals surface area contributed by atoms with Crippen molar-refractivity contribution in [2.75, 3.05) is 44.0 Å². The van der Waals surface area contributed by atoms with E-state index in [1.807, 2.05) is 22.4 Å². The molecule has 0 bridgehead atoms. The lowest BCUT2D eigenvalue weighted by molar-refractivity contribution is 0.121. The van der Waals surface area contributed by atoms with Gasteiger partial charge in [0.05, 0.1) is 20.3 Å². The minimum Gasteiger partial charge on any atom is -0.497 e. The molecular weight excluding hydrogens is 340 g/mol. The number of nitrogens with zero attached hydrogens (tertiary/aromatic N) is 1. The molecule has 0 amide bonds. The van der Waals surface area contributed by atoms with Crippen LogP contribution in [0.1, 0.15) is 0 Å². The molecule has 1 aliphatic heterocycles. The predicted molar refractivity (Wildman–Crippen MR) is 99.8 cm³/mol. The summed E-state index contributed by atoms with van der Waals surface area (Å²) in [5.74, 6) is 1.25. The van der Waals surface area contributed by atoms with Crippen molar-refractivity contribution >= 4 is 33.2 Å². The van der Waals surface area contributed by atoms with E-state index in [1.165, 1.54) is 11.3 Å². The van der Waals surface area contributed by atoms with Crippen molar-refractivity contribution in [3.8, 4) is 16.9 Å². The zero-order valence-electron chi connectivity index (χ0n) is 13.8. The van der Waals surface area contributed by atoms with Gasteiger partial charge in [-0.1, -0.05) is 0 Å². The minimum absolute atomic E-state index is 0.0325.